The van der Waals surface area contributed by atoms with Crippen LogP contribution in [0.4, 0.5) is 30.2 Å². The van der Waals surface area contributed by atoms with Gasteiger partial charge in [-0.3, -0.25) is 0 Å². The highest BCUT2D eigenvalue weighted by Gasteiger charge is 2.38. The van der Waals surface area contributed by atoms with Gasteiger partial charge >= 0.3 is 6.18 Å². The molecule has 0 aromatic heterocycles. The van der Waals surface area contributed by atoms with E-state index in [1.165, 1.54) is 36.1 Å². The quantitative estimate of drug-likeness (QED) is 0.203. The molecule has 0 spiro atoms. The number of rotatable bonds is 3. The molecular formula is C38H41F3N2S. The summed E-state index contributed by atoms with van der Waals surface area (Å²) in [6.45, 7) is 6.92. The summed E-state index contributed by atoms with van der Waals surface area (Å²) >= 11 is 0. The van der Waals surface area contributed by atoms with E-state index in [-0.39, 0.29) is 16.2 Å². The molecule has 230 valence electrons. The maximum Gasteiger partial charge on any atom is 0.416 e. The number of hydrogen-bond donors (Lipinski definition) is 1. The Morgan fingerprint density at radius 3 is 1.66 bits per heavy atom. The zero-order valence-corrected chi connectivity index (χ0v) is 27.1. The molecule has 2 nitrogen and oxygen atoms in total. The van der Waals surface area contributed by atoms with Crippen LogP contribution in [-0.2, 0) is 6.18 Å². The van der Waals surface area contributed by atoms with Crippen LogP contribution >= 0.6 is 10.0 Å². The molecule has 7 rings (SSSR count). The van der Waals surface area contributed by atoms with E-state index in [9.17, 15) is 13.2 Å². The molecule has 1 N–H and O–H groups in total. The summed E-state index contributed by atoms with van der Waals surface area (Å²) in [6.07, 6.45) is 4.79. The van der Waals surface area contributed by atoms with Gasteiger partial charge in [0.2, 0.25) is 0 Å². The molecule has 1 heterocycles. The predicted octanol–water partition coefficient (Wildman–Crippen LogP) is 11.6. The Morgan fingerprint density at radius 1 is 0.659 bits per heavy atom. The van der Waals surface area contributed by atoms with E-state index in [4.69, 9.17) is 0 Å². The van der Waals surface area contributed by atoms with Gasteiger partial charge in [-0.1, -0.05) is 93.6 Å². The Balaban J connectivity index is 0.000000381. The van der Waals surface area contributed by atoms with Crippen molar-refractivity contribution in [3.05, 3.63) is 114 Å². The normalized spacial score (nSPS) is 17.2. The van der Waals surface area contributed by atoms with Crippen molar-refractivity contribution in [3.8, 4) is 0 Å². The number of anilines is 3. The first-order valence-electron chi connectivity index (χ1n) is 15.2. The summed E-state index contributed by atoms with van der Waals surface area (Å²) in [5.41, 5.74) is 4.58. The van der Waals surface area contributed by atoms with Crippen molar-refractivity contribution >= 4 is 48.6 Å². The Labute approximate surface area is 260 Å². The first-order chi connectivity index (χ1) is 20.8. The highest BCUT2D eigenvalue weighted by Crippen LogP contribution is 2.55. The molecule has 0 amide bonds. The SMILES string of the molecule is CC(C)(C)S(C)(C)C.FC(F)(F)c1ccc(N2c3c(c4ccccc4c4ccccc34)NC2c2ccccc2C2CC2)cc1. The molecule has 0 bridgehead atoms. The van der Waals surface area contributed by atoms with E-state index in [1.807, 2.05) is 30.3 Å². The minimum absolute atomic E-state index is 0.234. The summed E-state index contributed by atoms with van der Waals surface area (Å²) in [7, 11) is -0.340. The molecule has 1 aliphatic heterocycles. The Kier molecular flexibility index (Phi) is 7.64. The van der Waals surface area contributed by atoms with Crippen molar-refractivity contribution in [2.45, 2.75) is 56.6 Å². The zero-order valence-electron chi connectivity index (χ0n) is 26.3. The number of nitrogens with one attached hydrogen (secondary N) is 1. The average Bonchev–Trinajstić information content (AvgIpc) is 3.75. The predicted molar refractivity (Wildman–Crippen MR) is 185 cm³/mol. The number of hydrogen-bond acceptors (Lipinski definition) is 2. The summed E-state index contributed by atoms with van der Waals surface area (Å²) < 4.78 is 40.7. The van der Waals surface area contributed by atoms with Crippen LogP contribution < -0.4 is 10.2 Å². The van der Waals surface area contributed by atoms with Crippen LogP contribution in [0.25, 0.3) is 21.5 Å². The first-order valence-corrected chi connectivity index (χ1v) is 18.0. The lowest BCUT2D eigenvalue weighted by atomic mass is 9.98. The third-order valence-electron chi connectivity index (χ3n) is 9.30. The third-order valence-corrected chi connectivity index (χ3v) is 13.0. The fraction of sp³-hybridized carbons (Fsp3) is 0.316. The molecule has 1 aliphatic carbocycles. The van der Waals surface area contributed by atoms with Crippen LogP contribution in [0.15, 0.2) is 97.1 Å². The molecule has 1 unspecified atom stereocenters. The Morgan fingerprint density at radius 2 is 1.14 bits per heavy atom. The van der Waals surface area contributed by atoms with Crippen LogP contribution in [-0.4, -0.2) is 23.5 Å². The monoisotopic (exact) mass is 614 g/mol. The maximum atomic E-state index is 13.4. The lowest BCUT2D eigenvalue weighted by Gasteiger charge is -2.40. The summed E-state index contributed by atoms with van der Waals surface area (Å²) in [5, 5.41) is 8.27. The third kappa shape index (κ3) is 5.65. The van der Waals surface area contributed by atoms with E-state index < -0.39 is 11.7 Å². The van der Waals surface area contributed by atoms with Gasteiger partial charge in [-0.05, 0) is 88.4 Å². The van der Waals surface area contributed by atoms with Gasteiger partial charge in [0.15, 0.2) is 0 Å². The Hall–Kier alpha value is -3.64. The van der Waals surface area contributed by atoms with Gasteiger partial charge in [0.1, 0.15) is 6.17 Å². The molecule has 5 aromatic rings. The van der Waals surface area contributed by atoms with Crippen molar-refractivity contribution in [1.82, 2.24) is 0 Å². The van der Waals surface area contributed by atoms with E-state index >= 15 is 0 Å². The van der Waals surface area contributed by atoms with Crippen LogP contribution in [0.5, 0.6) is 0 Å². The van der Waals surface area contributed by atoms with Gasteiger partial charge in [0, 0.05) is 16.5 Å². The van der Waals surface area contributed by atoms with Crippen molar-refractivity contribution in [2.24, 2.45) is 0 Å². The molecule has 44 heavy (non-hydrogen) atoms. The Bertz CT molecular complexity index is 1800. The molecule has 6 heteroatoms. The molecule has 0 radical (unpaired) electrons. The minimum atomic E-state index is -4.37. The van der Waals surface area contributed by atoms with Gasteiger partial charge in [-0.2, -0.15) is 13.2 Å². The van der Waals surface area contributed by atoms with E-state index in [2.05, 4.69) is 92.2 Å². The average molecular weight is 615 g/mol. The van der Waals surface area contributed by atoms with Crippen molar-refractivity contribution in [3.63, 3.8) is 0 Å². The first kappa shape index (κ1) is 30.4. The van der Waals surface area contributed by atoms with Crippen LogP contribution in [0.3, 0.4) is 0 Å². The fourth-order valence-corrected chi connectivity index (χ4v) is 5.68. The van der Waals surface area contributed by atoms with Gasteiger partial charge < -0.3 is 10.2 Å². The maximum absolute atomic E-state index is 13.4. The van der Waals surface area contributed by atoms with Gasteiger partial charge in [-0.15, -0.1) is 0 Å². The highest BCUT2D eigenvalue weighted by atomic mass is 32.3. The van der Waals surface area contributed by atoms with E-state index in [1.54, 1.807) is 12.1 Å². The smallest absolute Gasteiger partial charge is 0.359 e. The molecule has 2 aliphatic rings. The largest absolute Gasteiger partial charge is 0.416 e. The summed E-state index contributed by atoms with van der Waals surface area (Å²) in [6, 6.07) is 30.6. The second-order valence-corrected chi connectivity index (χ2v) is 18.5. The van der Waals surface area contributed by atoms with Crippen molar-refractivity contribution < 1.29 is 13.2 Å². The fourth-order valence-electron chi connectivity index (χ4n) is 5.68. The summed E-state index contributed by atoms with van der Waals surface area (Å²) in [4.78, 5) is 2.19. The number of fused-ring (bicyclic) bond motifs is 6. The van der Waals surface area contributed by atoms with Gasteiger partial charge in [-0.25, -0.2) is 10.0 Å². The molecule has 5 aromatic carbocycles. The molecular weight excluding hydrogens is 573 g/mol. The second-order valence-electron chi connectivity index (χ2n) is 13.6. The standard InChI is InChI=1S/C31H23F3N2.C7H18S/c32-31(33,34)20-15-17-21(18-16-20)36-29-26-11-5-3-9-24(26)23-8-2-4-10-25(23)28(29)35-30(36)27-12-6-1-7-22(27)19-13-14-19;1-7(2,3)8(4,5)6/h1-12,15-19,30,35H,13-14H2;1-6H3. The topological polar surface area (TPSA) is 15.3 Å². The molecule has 0 saturated heterocycles. The number of nitrogens with zero attached hydrogens (tertiary/aromatic N) is 1. The van der Waals surface area contributed by atoms with E-state index in [0.717, 1.165) is 38.6 Å². The lowest BCUT2D eigenvalue weighted by molar-refractivity contribution is -0.137. The number of benzene rings is 5. The van der Waals surface area contributed by atoms with Crippen molar-refractivity contribution in [1.29, 1.82) is 0 Å². The number of halogens is 3. The molecule has 1 atom stereocenters. The zero-order chi connectivity index (χ0) is 31.4. The number of alkyl halides is 3. The van der Waals surface area contributed by atoms with Crippen molar-refractivity contribution in [2.75, 3.05) is 29.0 Å². The second kappa shape index (κ2) is 11.1. The van der Waals surface area contributed by atoms with Gasteiger partial charge in [0.25, 0.3) is 0 Å². The van der Waals surface area contributed by atoms with Gasteiger partial charge in [0.05, 0.1) is 16.9 Å². The van der Waals surface area contributed by atoms with E-state index in [0.29, 0.717) is 10.7 Å². The summed E-state index contributed by atoms with van der Waals surface area (Å²) in [5.74, 6) is 0.537. The minimum Gasteiger partial charge on any atom is -0.359 e. The highest BCUT2D eigenvalue weighted by molar-refractivity contribution is 8.33. The van der Waals surface area contributed by atoms with Crippen LogP contribution in [0.1, 0.15) is 62.4 Å². The van der Waals surface area contributed by atoms with Crippen LogP contribution in [0.2, 0.25) is 0 Å². The lowest BCUT2D eigenvalue weighted by Crippen LogP contribution is -2.24. The van der Waals surface area contributed by atoms with Crippen LogP contribution in [0, 0.1) is 0 Å². The molecule has 1 saturated carbocycles. The molecule has 1 fully saturated rings.